The van der Waals surface area contributed by atoms with E-state index in [0.29, 0.717) is 22.5 Å². The SMILES string of the molecule is CC(=O)C12SSC3(C(=O)N1C)[C@@H](O)[C@]1(C45c6ccccc6N[C@@H]4N4C(=O)[C@@]6(C(C)=O)SS[C@]4(C(=O)N6C)[C@H]5O)c4ccccc4N[C@@H]1N3C2=O. The molecule has 10 aliphatic rings. The predicted octanol–water partition coefficient (Wildman–Crippen LogP) is 0.469. The van der Waals surface area contributed by atoms with Crippen molar-refractivity contribution in [1.82, 2.24) is 19.6 Å². The zero-order valence-corrected chi connectivity index (χ0v) is 30.0. The quantitative estimate of drug-likeness (QED) is 0.251. The number of benzene rings is 2. The summed E-state index contributed by atoms with van der Waals surface area (Å²) in [6.45, 7) is 2.50. The molecule has 0 aliphatic carbocycles. The van der Waals surface area contributed by atoms with E-state index in [1.54, 1.807) is 48.5 Å². The maximum atomic E-state index is 14.9. The Morgan fingerprint density at radius 3 is 1.34 bits per heavy atom. The fourth-order valence-corrected chi connectivity index (χ4v) is 18.1. The number of carbonyl (C=O) groups excluding carboxylic acids is 6. The van der Waals surface area contributed by atoms with Gasteiger partial charge in [0.25, 0.3) is 23.6 Å². The molecule has 10 aliphatic heterocycles. The largest absolute Gasteiger partial charge is 0.388 e. The van der Waals surface area contributed by atoms with E-state index < -0.39 is 90.0 Å². The molecule has 50 heavy (non-hydrogen) atoms. The number of fused-ring (bicyclic) bond motifs is 11. The van der Waals surface area contributed by atoms with Crippen molar-refractivity contribution in [1.29, 1.82) is 0 Å². The molecule has 18 heteroatoms. The van der Waals surface area contributed by atoms with Gasteiger partial charge in [0.15, 0.2) is 11.6 Å². The van der Waals surface area contributed by atoms with E-state index in [0.717, 1.165) is 53.0 Å². The second-order valence-electron chi connectivity index (χ2n) is 13.9. The zero-order valence-electron chi connectivity index (χ0n) is 26.7. The van der Waals surface area contributed by atoms with Gasteiger partial charge in [-0.1, -0.05) is 36.4 Å². The van der Waals surface area contributed by atoms with Crippen molar-refractivity contribution in [3.05, 3.63) is 59.7 Å². The number of hydrogen-bond acceptors (Lipinski definition) is 14. The second-order valence-corrected chi connectivity index (χ2v) is 19.0. The van der Waals surface area contributed by atoms with Gasteiger partial charge in [0, 0.05) is 25.5 Å². The molecule has 10 heterocycles. The Morgan fingerprint density at radius 1 is 0.620 bits per heavy atom. The molecule has 258 valence electrons. The number of nitrogens with one attached hydrogen (secondary N) is 2. The van der Waals surface area contributed by atoms with Crippen molar-refractivity contribution in [2.45, 2.75) is 68.7 Å². The Hall–Kier alpha value is -3.42. The van der Waals surface area contributed by atoms with Crippen LogP contribution in [0.15, 0.2) is 48.5 Å². The summed E-state index contributed by atoms with van der Waals surface area (Å²) in [5.41, 5.74) is -1.77. The van der Waals surface area contributed by atoms with Crippen LogP contribution in [0.4, 0.5) is 11.4 Å². The molecule has 14 nitrogen and oxygen atoms in total. The summed E-state index contributed by atoms with van der Waals surface area (Å²) in [4.78, 5) is 83.0. The predicted molar refractivity (Wildman–Crippen MR) is 185 cm³/mol. The summed E-state index contributed by atoms with van der Waals surface area (Å²) in [7, 11) is 6.44. The Labute approximate surface area is 300 Å². The van der Waals surface area contributed by atoms with Gasteiger partial charge in [-0.15, -0.1) is 0 Å². The van der Waals surface area contributed by atoms with Gasteiger partial charge in [0.1, 0.15) is 24.5 Å². The third-order valence-corrected chi connectivity index (χ3v) is 19.7. The second kappa shape index (κ2) is 8.95. The first-order valence-electron chi connectivity index (χ1n) is 15.8. The number of ketones is 2. The van der Waals surface area contributed by atoms with E-state index in [9.17, 15) is 39.0 Å². The first kappa shape index (κ1) is 31.3. The number of Topliss-reactive ketones (excluding diaryl/α,β-unsaturated/α-hetero) is 2. The highest BCUT2D eigenvalue weighted by atomic mass is 33.1. The molecule has 10 atom stereocenters. The Kier molecular flexibility index (Phi) is 5.61. The molecule has 0 radical (unpaired) electrons. The topological polar surface area (TPSA) is 180 Å². The van der Waals surface area contributed by atoms with Crippen LogP contribution in [-0.4, -0.2) is 123 Å². The molecular formula is C32H28N6O8S4. The molecule has 3 unspecified atom stereocenters. The zero-order chi connectivity index (χ0) is 35.3. The van der Waals surface area contributed by atoms with Crippen LogP contribution >= 0.6 is 43.2 Å². The number of carbonyl (C=O) groups is 6. The van der Waals surface area contributed by atoms with Gasteiger partial charge in [-0.2, -0.15) is 0 Å². The smallest absolute Gasteiger partial charge is 0.271 e. The van der Waals surface area contributed by atoms with E-state index in [1.165, 1.54) is 37.7 Å². The molecule has 12 rings (SSSR count). The van der Waals surface area contributed by atoms with Gasteiger partial charge >= 0.3 is 0 Å². The van der Waals surface area contributed by atoms with Crippen LogP contribution in [0.1, 0.15) is 25.0 Å². The monoisotopic (exact) mass is 752 g/mol. The highest BCUT2D eigenvalue weighted by Gasteiger charge is 2.93. The standard InChI is InChI=1S/C32H28N6O8S4/c1-13(39)29-25(45)37-21-27(15-9-5-7-11-17(15)33-21,19(41)31(37,49-47-29)23(43)35(29)3)28-16-10-6-8-12-18(16)34-22(28)38-26(46)30(14(2)40)36(4)24(44)32(38,20(28)42)50-48-30/h5-12,19-22,33-34,41-42H,1-4H3/t19-,20-,21+,22+,27+,28?,29?,30+,31?,32-/m0/s1. The maximum absolute atomic E-state index is 14.9. The first-order valence-corrected chi connectivity index (χ1v) is 20.1. The third-order valence-electron chi connectivity index (χ3n) is 12.4. The molecule has 4 bridgehead atoms. The van der Waals surface area contributed by atoms with Crippen LogP contribution in [0.25, 0.3) is 0 Å². The fourth-order valence-electron chi connectivity index (χ4n) is 10.4. The lowest BCUT2D eigenvalue weighted by atomic mass is 9.52. The summed E-state index contributed by atoms with van der Waals surface area (Å²) in [5.74, 6) is -3.86. The minimum absolute atomic E-state index is 0.455. The van der Waals surface area contributed by atoms with E-state index >= 15 is 0 Å². The number of aliphatic hydroxyl groups excluding tert-OH is 2. The van der Waals surface area contributed by atoms with Crippen molar-refractivity contribution < 1.29 is 39.0 Å². The Morgan fingerprint density at radius 2 is 0.980 bits per heavy atom. The molecule has 2 spiro atoms. The van der Waals surface area contributed by atoms with Crippen molar-refractivity contribution in [2.75, 3.05) is 24.7 Å². The minimum Gasteiger partial charge on any atom is -0.388 e. The van der Waals surface area contributed by atoms with Crippen molar-refractivity contribution >= 4 is 89.7 Å². The fraction of sp³-hybridized carbons (Fsp3) is 0.438. The Balaban J connectivity index is 1.34. The van der Waals surface area contributed by atoms with Crippen molar-refractivity contribution in [3.63, 3.8) is 0 Å². The molecule has 0 aromatic heterocycles. The minimum atomic E-state index is -1.98. The van der Waals surface area contributed by atoms with Crippen molar-refractivity contribution in [3.8, 4) is 0 Å². The van der Waals surface area contributed by atoms with E-state index in [-0.39, 0.29) is 0 Å². The average Bonchev–Trinajstić information content (AvgIpc) is 3.74. The summed E-state index contributed by atoms with van der Waals surface area (Å²) in [5, 5.41) is 33.6. The molecule has 8 saturated heterocycles. The third kappa shape index (κ3) is 2.57. The number of hydrogen-bond donors (Lipinski definition) is 4. The molecular weight excluding hydrogens is 725 g/mol. The van der Waals surface area contributed by atoms with Crippen LogP contribution in [0.3, 0.4) is 0 Å². The van der Waals surface area contributed by atoms with Crippen LogP contribution in [-0.2, 0) is 39.6 Å². The molecule has 2 aromatic carbocycles. The van der Waals surface area contributed by atoms with Crippen LogP contribution in [0.5, 0.6) is 0 Å². The number of amides is 4. The van der Waals surface area contributed by atoms with E-state index in [2.05, 4.69) is 10.6 Å². The van der Waals surface area contributed by atoms with Crippen LogP contribution < -0.4 is 10.6 Å². The van der Waals surface area contributed by atoms with Gasteiger partial charge in [-0.3, -0.25) is 38.6 Å². The van der Waals surface area contributed by atoms with Gasteiger partial charge < -0.3 is 30.6 Å². The summed E-state index contributed by atoms with van der Waals surface area (Å²) >= 11 is 0. The lowest BCUT2D eigenvalue weighted by molar-refractivity contribution is -0.170. The van der Waals surface area contributed by atoms with Gasteiger partial charge in [0.2, 0.25) is 19.5 Å². The number of para-hydroxylation sites is 2. The van der Waals surface area contributed by atoms with E-state index in [4.69, 9.17) is 0 Å². The number of likely N-dealkylation sites (N-methyl/N-ethyl adjacent to an activating group) is 2. The summed E-state index contributed by atoms with van der Waals surface area (Å²) in [6.07, 6.45) is -6.07. The molecule has 4 N–H and O–H groups in total. The average molecular weight is 753 g/mol. The highest BCUT2D eigenvalue weighted by Crippen LogP contribution is 2.78. The lowest BCUT2D eigenvalue weighted by Crippen LogP contribution is -2.79. The molecule has 4 amide bonds. The number of anilines is 2. The van der Waals surface area contributed by atoms with E-state index in [1.807, 2.05) is 0 Å². The normalized spacial score (nSPS) is 44.0. The van der Waals surface area contributed by atoms with Gasteiger partial charge in [-0.25, -0.2) is 0 Å². The maximum Gasteiger partial charge on any atom is 0.271 e. The Bertz CT molecular complexity index is 1960. The molecule has 0 saturated carbocycles. The molecule has 2 aromatic rings. The van der Waals surface area contributed by atoms with Crippen molar-refractivity contribution in [2.24, 2.45) is 0 Å². The number of aliphatic hydroxyl groups is 2. The van der Waals surface area contributed by atoms with Gasteiger partial charge in [0.05, 0.1) is 10.8 Å². The summed E-state index contributed by atoms with van der Waals surface area (Å²) in [6, 6.07) is 14.1. The number of rotatable bonds is 3. The van der Waals surface area contributed by atoms with Gasteiger partial charge in [-0.05, 0) is 80.3 Å². The number of piperazine rings is 2. The van der Waals surface area contributed by atoms with Crippen LogP contribution in [0, 0.1) is 0 Å². The lowest BCUT2D eigenvalue weighted by Gasteiger charge is -2.58. The first-order chi connectivity index (χ1) is 23.7. The molecule has 8 fully saturated rings. The number of nitrogens with zero attached hydrogens (tertiary/aromatic N) is 4. The highest BCUT2D eigenvalue weighted by molar-refractivity contribution is 8.78. The summed E-state index contributed by atoms with van der Waals surface area (Å²) < 4.78 is 0. The van der Waals surface area contributed by atoms with Crippen LogP contribution in [0.2, 0.25) is 0 Å².